The molecule has 2 heterocycles. The molecule has 0 unspecified atom stereocenters. The van der Waals surface area contributed by atoms with Gasteiger partial charge in [-0.15, -0.1) is 0 Å². The van der Waals surface area contributed by atoms with Gasteiger partial charge in [0.15, 0.2) is 11.7 Å². The van der Waals surface area contributed by atoms with Gasteiger partial charge in [-0.25, -0.2) is 18.7 Å². The van der Waals surface area contributed by atoms with Crippen molar-refractivity contribution >= 4 is 22.5 Å². The van der Waals surface area contributed by atoms with E-state index in [9.17, 15) is 13.6 Å². The number of oxazole rings is 1. The van der Waals surface area contributed by atoms with Crippen molar-refractivity contribution in [2.75, 3.05) is 11.9 Å². The molecule has 1 fully saturated rings. The van der Waals surface area contributed by atoms with Crippen LogP contribution < -0.4 is 10.6 Å². The second-order valence-electron chi connectivity index (χ2n) is 7.71. The zero-order chi connectivity index (χ0) is 21.1. The second-order valence-corrected chi connectivity index (χ2v) is 7.71. The second kappa shape index (κ2) is 8.87. The standard InChI is InChI=1S/C22H24F2N4O2/c1-13-25-11-19(30-13)15-2-3-16-10-27-21(9-17(16)8-15)28-22(29)14-4-6-18(7-5-14)26-12-20(23)24/h2-3,8-11,14,18,20,26H,4-7,12H2,1H3,(H,27,28,29)/t14-,18-. The molecule has 30 heavy (non-hydrogen) atoms. The van der Waals surface area contributed by atoms with Crippen LogP contribution in [0.15, 0.2) is 41.1 Å². The molecule has 1 amide bonds. The van der Waals surface area contributed by atoms with Crippen LogP contribution in [0.2, 0.25) is 0 Å². The van der Waals surface area contributed by atoms with Crippen molar-refractivity contribution < 1.29 is 18.0 Å². The van der Waals surface area contributed by atoms with E-state index in [1.807, 2.05) is 24.3 Å². The fourth-order valence-corrected chi connectivity index (χ4v) is 3.90. The maximum absolute atomic E-state index is 12.7. The van der Waals surface area contributed by atoms with Gasteiger partial charge < -0.3 is 15.1 Å². The lowest BCUT2D eigenvalue weighted by Crippen LogP contribution is -2.38. The van der Waals surface area contributed by atoms with Gasteiger partial charge in [-0.1, -0.05) is 12.1 Å². The number of hydrogen-bond donors (Lipinski definition) is 2. The highest BCUT2D eigenvalue weighted by atomic mass is 19.3. The highest BCUT2D eigenvalue weighted by Gasteiger charge is 2.26. The van der Waals surface area contributed by atoms with Crippen LogP contribution in [0.25, 0.3) is 22.1 Å². The van der Waals surface area contributed by atoms with Crippen molar-refractivity contribution in [1.82, 2.24) is 15.3 Å². The number of rotatable bonds is 6. The number of nitrogens with zero attached hydrogens (tertiary/aromatic N) is 2. The number of benzene rings is 1. The Morgan fingerprint density at radius 1 is 1.13 bits per heavy atom. The Balaban J connectivity index is 1.40. The van der Waals surface area contributed by atoms with E-state index in [-0.39, 0.29) is 24.4 Å². The molecule has 4 rings (SSSR count). The molecule has 6 nitrogen and oxygen atoms in total. The van der Waals surface area contributed by atoms with Crippen molar-refractivity contribution in [3.63, 3.8) is 0 Å². The first-order chi connectivity index (χ1) is 14.5. The van der Waals surface area contributed by atoms with Crippen LogP contribution in [0.1, 0.15) is 31.6 Å². The first-order valence-corrected chi connectivity index (χ1v) is 10.1. The first-order valence-electron chi connectivity index (χ1n) is 10.1. The Morgan fingerprint density at radius 2 is 1.93 bits per heavy atom. The first kappa shape index (κ1) is 20.4. The average molecular weight is 414 g/mol. The Morgan fingerprint density at radius 3 is 2.63 bits per heavy atom. The van der Waals surface area contributed by atoms with Gasteiger partial charge in [-0.05, 0) is 43.2 Å². The fraction of sp³-hybridized carbons (Fsp3) is 0.409. The van der Waals surface area contributed by atoms with Gasteiger partial charge in [0, 0.05) is 36.0 Å². The molecule has 0 spiro atoms. The molecule has 0 atom stereocenters. The molecule has 0 saturated heterocycles. The number of hydrogen-bond acceptors (Lipinski definition) is 5. The normalized spacial score (nSPS) is 19.3. The molecule has 2 N–H and O–H groups in total. The minimum Gasteiger partial charge on any atom is -0.441 e. The number of halogens is 2. The average Bonchev–Trinajstić information content (AvgIpc) is 3.18. The van der Waals surface area contributed by atoms with Crippen LogP contribution in [0.5, 0.6) is 0 Å². The number of pyridine rings is 1. The summed E-state index contributed by atoms with van der Waals surface area (Å²) in [6.45, 7) is 1.50. The zero-order valence-corrected chi connectivity index (χ0v) is 16.7. The van der Waals surface area contributed by atoms with E-state index in [4.69, 9.17) is 4.42 Å². The Hall–Kier alpha value is -2.87. The Kier molecular flexibility index (Phi) is 6.03. The molecule has 158 valence electrons. The SMILES string of the molecule is Cc1ncc(-c2ccc3cnc(NC(=O)[C@H]4CC[C@H](NCC(F)F)CC4)cc3c2)o1. The Labute approximate surface area is 173 Å². The number of alkyl halides is 2. The smallest absolute Gasteiger partial charge is 0.250 e. The van der Waals surface area contributed by atoms with Crippen LogP contribution in [0.3, 0.4) is 0 Å². The predicted molar refractivity (Wildman–Crippen MR) is 110 cm³/mol. The predicted octanol–water partition coefficient (Wildman–Crippen LogP) is 4.55. The third-order valence-electron chi connectivity index (χ3n) is 5.54. The molecule has 2 aromatic heterocycles. The molecular weight excluding hydrogens is 390 g/mol. The molecule has 1 aliphatic carbocycles. The van der Waals surface area contributed by atoms with E-state index >= 15 is 0 Å². The molecule has 1 saturated carbocycles. The summed E-state index contributed by atoms with van der Waals surface area (Å²) in [5.74, 6) is 1.59. The van der Waals surface area contributed by atoms with Crippen molar-refractivity contribution in [2.45, 2.75) is 45.1 Å². The highest BCUT2D eigenvalue weighted by molar-refractivity contribution is 5.94. The van der Waals surface area contributed by atoms with Crippen LogP contribution in [0, 0.1) is 12.8 Å². The third-order valence-corrected chi connectivity index (χ3v) is 5.54. The van der Waals surface area contributed by atoms with Crippen LogP contribution in [-0.4, -0.2) is 34.9 Å². The summed E-state index contributed by atoms with van der Waals surface area (Å²) >= 11 is 0. The van der Waals surface area contributed by atoms with E-state index in [0.29, 0.717) is 30.3 Å². The molecule has 1 aromatic carbocycles. The summed E-state index contributed by atoms with van der Waals surface area (Å²) in [5, 5.41) is 7.66. The van der Waals surface area contributed by atoms with Crippen molar-refractivity contribution in [2.24, 2.45) is 5.92 Å². The van der Waals surface area contributed by atoms with Crippen molar-refractivity contribution in [1.29, 1.82) is 0 Å². The van der Waals surface area contributed by atoms with Gasteiger partial charge in [0.25, 0.3) is 6.43 Å². The summed E-state index contributed by atoms with van der Waals surface area (Å²) in [7, 11) is 0. The topological polar surface area (TPSA) is 80.0 Å². The monoisotopic (exact) mass is 414 g/mol. The largest absolute Gasteiger partial charge is 0.441 e. The number of anilines is 1. The van der Waals surface area contributed by atoms with E-state index in [0.717, 1.165) is 29.2 Å². The van der Waals surface area contributed by atoms with Crippen LogP contribution in [0.4, 0.5) is 14.6 Å². The fourth-order valence-electron chi connectivity index (χ4n) is 3.90. The minimum atomic E-state index is -2.35. The molecule has 0 aliphatic heterocycles. The van der Waals surface area contributed by atoms with Gasteiger partial charge in [-0.2, -0.15) is 0 Å². The molecule has 0 radical (unpaired) electrons. The van der Waals surface area contributed by atoms with E-state index in [1.165, 1.54) is 0 Å². The summed E-state index contributed by atoms with van der Waals surface area (Å²) in [4.78, 5) is 21.1. The number of carbonyl (C=O) groups excluding carboxylic acids is 1. The molecular formula is C22H24F2N4O2. The van der Waals surface area contributed by atoms with Crippen LogP contribution >= 0.6 is 0 Å². The summed E-state index contributed by atoms with van der Waals surface area (Å²) in [5.41, 5.74) is 0.904. The van der Waals surface area contributed by atoms with Gasteiger partial charge >= 0.3 is 0 Å². The molecule has 1 aliphatic rings. The van der Waals surface area contributed by atoms with Crippen molar-refractivity contribution in [3.05, 3.63) is 42.5 Å². The number of fused-ring (bicyclic) bond motifs is 1. The molecule has 8 heteroatoms. The number of carbonyl (C=O) groups is 1. The Bertz CT molecular complexity index is 1030. The highest BCUT2D eigenvalue weighted by Crippen LogP contribution is 2.28. The van der Waals surface area contributed by atoms with Gasteiger partial charge in [0.2, 0.25) is 5.91 Å². The van der Waals surface area contributed by atoms with E-state index in [2.05, 4.69) is 20.6 Å². The van der Waals surface area contributed by atoms with E-state index in [1.54, 1.807) is 19.3 Å². The minimum absolute atomic E-state index is 0.0555. The molecule has 3 aromatic rings. The van der Waals surface area contributed by atoms with E-state index < -0.39 is 6.43 Å². The summed E-state index contributed by atoms with van der Waals surface area (Å²) in [6, 6.07) is 7.78. The maximum Gasteiger partial charge on any atom is 0.250 e. The van der Waals surface area contributed by atoms with Gasteiger partial charge in [0.05, 0.1) is 12.7 Å². The summed E-state index contributed by atoms with van der Waals surface area (Å²) in [6.07, 6.45) is 3.85. The zero-order valence-electron chi connectivity index (χ0n) is 16.7. The van der Waals surface area contributed by atoms with Crippen molar-refractivity contribution in [3.8, 4) is 11.3 Å². The number of nitrogens with one attached hydrogen (secondary N) is 2. The lowest BCUT2D eigenvalue weighted by molar-refractivity contribution is -0.120. The van der Waals surface area contributed by atoms with Crippen LogP contribution in [-0.2, 0) is 4.79 Å². The maximum atomic E-state index is 12.7. The van der Waals surface area contributed by atoms with Gasteiger partial charge in [0.1, 0.15) is 5.82 Å². The molecule has 0 bridgehead atoms. The lowest BCUT2D eigenvalue weighted by atomic mass is 9.85. The summed E-state index contributed by atoms with van der Waals surface area (Å²) < 4.78 is 30.2. The third kappa shape index (κ3) is 4.81. The number of aromatic nitrogens is 2. The lowest BCUT2D eigenvalue weighted by Gasteiger charge is -2.28. The quantitative estimate of drug-likeness (QED) is 0.619. The number of amides is 1. The van der Waals surface area contributed by atoms with Gasteiger partial charge in [-0.3, -0.25) is 4.79 Å². The number of aryl methyl sites for hydroxylation is 1.